The second-order valence-corrected chi connectivity index (χ2v) is 12.0. The third-order valence-corrected chi connectivity index (χ3v) is 9.56. The van der Waals surface area contributed by atoms with Gasteiger partial charge in [-0.3, -0.25) is 9.78 Å². The zero-order valence-corrected chi connectivity index (χ0v) is 21.3. The van der Waals surface area contributed by atoms with Crippen molar-refractivity contribution < 1.29 is 27.5 Å². The molecule has 34 heavy (non-hydrogen) atoms. The number of nitrogens with zero attached hydrogens (tertiary/aromatic N) is 3. The molecule has 2 atom stereocenters. The molecule has 1 aromatic heterocycles. The summed E-state index contributed by atoms with van der Waals surface area (Å²) in [4.78, 5) is 32.9. The van der Waals surface area contributed by atoms with Crippen molar-refractivity contribution in [2.24, 2.45) is 0 Å². The van der Waals surface area contributed by atoms with Crippen molar-refractivity contribution in [2.45, 2.75) is 34.9 Å². The van der Waals surface area contributed by atoms with E-state index in [0.717, 1.165) is 4.90 Å². The summed E-state index contributed by atoms with van der Waals surface area (Å²) in [6.07, 6.45) is 1.09. The summed E-state index contributed by atoms with van der Waals surface area (Å²) in [5.74, 6) is -2.66. The van der Waals surface area contributed by atoms with E-state index < -0.39 is 44.2 Å². The number of likely N-dealkylation sites (tertiary alicyclic amines) is 2. The van der Waals surface area contributed by atoms with Gasteiger partial charge in [-0.05, 0) is 47.1 Å². The van der Waals surface area contributed by atoms with Crippen LogP contribution in [-0.4, -0.2) is 77.7 Å². The molecule has 1 N–H and O–H groups in total. The first kappa shape index (κ1) is 25.0. The van der Waals surface area contributed by atoms with Gasteiger partial charge in [0.15, 0.2) is 9.84 Å². The number of amides is 1. The molecule has 12 heteroatoms. The van der Waals surface area contributed by atoms with Crippen molar-refractivity contribution in [3.05, 3.63) is 57.5 Å². The molecular weight excluding hydrogens is 553 g/mol. The molecule has 0 spiro atoms. The lowest BCUT2D eigenvalue weighted by atomic mass is 9.74. The number of rotatable bonds is 6. The van der Waals surface area contributed by atoms with E-state index in [2.05, 4.69) is 20.9 Å². The van der Waals surface area contributed by atoms with E-state index in [1.165, 1.54) is 30.5 Å². The van der Waals surface area contributed by atoms with E-state index in [-0.39, 0.29) is 41.7 Å². The molecule has 0 saturated carbocycles. The largest absolute Gasteiger partial charge is 0.480 e. The van der Waals surface area contributed by atoms with Gasteiger partial charge >= 0.3 is 5.97 Å². The maximum Gasteiger partial charge on any atom is 0.326 e. The molecule has 2 aromatic rings. The summed E-state index contributed by atoms with van der Waals surface area (Å²) in [5, 5.41) is 8.69. The van der Waals surface area contributed by atoms with Gasteiger partial charge in [-0.25, -0.2) is 17.6 Å². The van der Waals surface area contributed by atoms with Crippen LogP contribution in [0.1, 0.15) is 19.0 Å². The molecular formula is C22H22BrClFN3O5S. The Labute approximate surface area is 209 Å². The van der Waals surface area contributed by atoms with E-state index >= 15 is 0 Å². The fraction of sp³-hybridized carbons (Fsp3) is 0.409. The summed E-state index contributed by atoms with van der Waals surface area (Å²) < 4.78 is 41.9. The second kappa shape index (κ2) is 9.18. The van der Waals surface area contributed by atoms with Crippen molar-refractivity contribution in [3.8, 4) is 0 Å². The SMILES string of the molecule is CCN1CC(C(=O)N2CC(S(=O)(=O)c3ccccc3Cl)CC2C(=O)O)(c2ncc(Br)cc2F)C1. The Kier molecular flexibility index (Phi) is 6.75. The standard InChI is InChI=1S/C22H22BrClFN3O5S/c1-2-27-11-22(12-27,19-16(25)7-13(23)9-26-19)21(31)28-10-14(8-17(28)20(29)30)34(32,33)18-6-4-3-5-15(18)24/h3-7,9,14,17H,2,8,10-12H2,1H3,(H,29,30). The van der Waals surface area contributed by atoms with Crippen molar-refractivity contribution in [3.63, 3.8) is 0 Å². The third-order valence-electron chi connectivity index (χ3n) is 6.50. The van der Waals surface area contributed by atoms with E-state index in [1.807, 2.05) is 11.8 Å². The van der Waals surface area contributed by atoms with E-state index in [4.69, 9.17) is 11.6 Å². The van der Waals surface area contributed by atoms with Crippen LogP contribution in [0, 0.1) is 5.82 Å². The topological polar surface area (TPSA) is 108 Å². The lowest BCUT2D eigenvalue weighted by Gasteiger charge is -2.49. The summed E-state index contributed by atoms with van der Waals surface area (Å²) in [6.45, 7) is 2.47. The van der Waals surface area contributed by atoms with Gasteiger partial charge in [0.05, 0.1) is 20.9 Å². The van der Waals surface area contributed by atoms with Crippen LogP contribution in [0.5, 0.6) is 0 Å². The fourth-order valence-electron chi connectivity index (χ4n) is 4.70. The number of carbonyl (C=O) groups excluding carboxylic acids is 1. The molecule has 182 valence electrons. The van der Waals surface area contributed by atoms with Gasteiger partial charge in [0.1, 0.15) is 17.3 Å². The molecule has 2 aliphatic rings. The zero-order chi connectivity index (χ0) is 24.8. The molecule has 0 bridgehead atoms. The van der Waals surface area contributed by atoms with Gasteiger partial charge in [-0.1, -0.05) is 30.7 Å². The van der Waals surface area contributed by atoms with Crippen LogP contribution in [0.3, 0.4) is 0 Å². The normalized spacial score (nSPS) is 22.4. The molecule has 2 fully saturated rings. The van der Waals surface area contributed by atoms with Crippen molar-refractivity contribution in [1.82, 2.24) is 14.8 Å². The van der Waals surface area contributed by atoms with E-state index in [9.17, 15) is 27.5 Å². The van der Waals surface area contributed by atoms with Crippen LogP contribution in [0.2, 0.25) is 5.02 Å². The predicted octanol–water partition coefficient (Wildman–Crippen LogP) is 2.74. The lowest BCUT2D eigenvalue weighted by molar-refractivity contribution is -0.154. The van der Waals surface area contributed by atoms with Crippen molar-refractivity contribution in [1.29, 1.82) is 0 Å². The van der Waals surface area contributed by atoms with Gasteiger partial charge in [0.2, 0.25) is 5.91 Å². The summed E-state index contributed by atoms with van der Waals surface area (Å²) in [6, 6.07) is 5.73. The zero-order valence-electron chi connectivity index (χ0n) is 18.1. The minimum absolute atomic E-state index is 0.0225. The van der Waals surface area contributed by atoms with Gasteiger partial charge in [0, 0.05) is 30.3 Å². The number of pyridine rings is 1. The minimum Gasteiger partial charge on any atom is -0.480 e. The highest BCUT2D eigenvalue weighted by Gasteiger charge is 2.58. The van der Waals surface area contributed by atoms with Gasteiger partial charge in [-0.2, -0.15) is 0 Å². The van der Waals surface area contributed by atoms with E-state index in [1.54, 1.807) is 6.07 Å². The van der Waals surface area contributed by atoms with E-state index in [0.29, 0.717) is 11.0 Å². The third kappa shape index (κ3) is 4.12. The molecule has 2 saturated heterocycles. The van der Waals surface area contributed by atoms with Crippen molar-refractivity contribution >= 4 is 49.2 Å². The first-order valence-corrected chi connectivity index (χ1v) is 13.3. The Morgan fingerprint density at radius 2 is 2.00 bits per heavy atom. The quantitative estimate of drug-likeness (QED) is 0.565. The first-order valence-electron chi connectivity index (χ1n) is 10.6. The average Bonchev–Trinajstić information content (AvgIpc) is 3.21. The van der Waals surface area contributed by atoms with Crippen LogP contribution in [0.4, 0.5) is 4.39 Å². The highest BCUT2D eigenvalue weighted by atomic mass is 79.9. The van der Waals surface area contributed by atoms with Crippen molar-refractivity contribution in [2.75, 3.05) is 26.2 Å². The Hall–Kier alpha value is -2.08. The Morgan fingerprint density at radius 3 is 2.59 bits per heavy atom. The molecule has 3 heterocycles. The highest BCUT2D eigenvalue weighted by Crippen LogP contribution is 2.40. The number of aliphatic carboxylic acids is 1. The molecule has 4 rings (SSSR count). The first-order chi connectivity index (χ1) is 16.0. The lowest BCUT2D eigenvalue weighted by Crippen LogP contribution is -2.68. The summed E-state index contributed by atoms with van der Waals surface area (Å²) in [7, 11) is -4.03. The smallest absolute Gasteiger partial charge is 0.326 e. The average molecular weight is 575 g/mol. The molecule has 8 nitrogen and oxygen atoms in total. The number of halogens is 3. The summed E-state index contributed by atoms with van der Waals surface area (Å²) in [5.41, 5.74) is -1.48. The maximum absolute atomic E-state index is 14.9. The molecule has 0 radical (unpaired) electrons. The van der Waals surface area contributed by atoms with Crippen LogP contribution in [-0.2, 0) is 24.8 Å². The molecule has 2 aliphatic heterocycles. The van der Waals surface area contributed by atoms with Gasteiger partial charge < -0.3 is 14.9 Å². The molecule has 1 amide bonds. The van der Waals surface area contributed by atoms with Gasteiger partial charge in [-0.15, -0.1) is 0 Å². The number of carboxylic acids is 1. The van der Waals surface area contributed by atoms with Crippen LogP contribution in [0.15, 0.2) is 45.9 Å². The highest BCUT2D eigenvalue weighted by molar-refractivity contribution is 9.10. The Bertz CT molecular complexity index is 1250. The van der Waals surface area contributed by atoms with Crippen LogP contribution in [0.25, 0.3) is 0 Å². The number of carbonyl (C=O) groups is 2. The number of hydrogen-bond acceptors (Lipinski definition) is 6. The Morgan fingerprint density at radius 1 is 1.32 bits per heavy atom. The van der Waals surface area contributed by atoms with Gasteiger partial charge in [0.25, 0.3) is 0 Å². The monoisotopic (exact) mass is 573 g/mol. The number of sulfone groups is 1. The summed E-state index contributed by atoms with van der Waals surface area (Å²) >= 11 is 9.25. The fourth-order valence-corrected chi connectivity index (χ4v) is 7.23. The Balaban J connectivity index is 1.72. The number of hydrogen-bond donors (Lipinski definition) is 1. The number of benzene rings is 1. The molecule has 0 aliphatic carbocycles. The second-order valence-electron chi connectivity index (χ2n) is 8.51. The minimum atomic E-state index is -4.03. The van der Waals surface area contributed by atoms with Crippen LogP contribution < -0.4 is 0 Å². The number of likely N-dealkylation sites (N-methyl/N-ethyl adjacent to an activating group) is 1. The number of carboxylic acid groups (broad SMARTS) is 1. The molecule has 2 unspecified atom stereocenters. The predicted molar refractivity (Wildman–Crippen MR) is 126 cm³/mol. The maximum atomic E-state index is 14.9. The number of aromatic nitrogens is 1. The molecule has 1 aromatic carbocycles. The van der Waals surface area contributed by atoms with Crippen LogP contribution >= 0.6 is 27.5 Å².